The molecule has 0 radical (unpaired) electrons. The van der Waals surface area contributed by atoms with Crippen LogP contribution in [0.2, 0.25) is 0 Å². The Hall–Kier alpha value is -1.66. The molecule has 1 aromatic heterocycles. The molecule has 2 amide bonds. The van der Waals surface area contributed by atoms with Crippen LogP contribution in [0.4, 0.5) is 5.69 Å². The molecule has 2 aromatic rings. The number of aryl methyl sites for hydroxylation is 1. The van der Waals surface area contributed by atoms with Crippen LogP contribution in [0.5, 0.6) is 0 Å². The van der Waals surface area contributed by atoms with Crippen molar-refractivity contribution in [3.63, 3.8) is 0 Å². The van der Waals surface area contributed by atoms with E-state index in [0.717, 1.165) is 20.6 Å². The molecule has 0 aliphatic rings. The zero-order valence-corrected chi connectivity index (χ0v) is 14.8. The quantitative estimate of drug-likeness (QED) is 0.863. The molecule has 0 unspecified atom stereocenters. The number of amides is 2. The van der Waals surface area contributed by atoms with Gasteiger partial charge in [-0.1, -0.05) is 22.0 Å². The van der Waals surface area contributed by atoms with E-state index in [1.54, 1.807) is 18.4 Å². The molecule has 22 heavy (non-hydrogen) atoms. The predicted molar refractivity (Wildman–Crippen MR) is 93.2 cm³/mol. The van der Waals surface area contributed by atoms with Crippen molar-refractivity contribution in [2.45, 2.75) is 13.3 Å². The topological polar surface area (TPSA) is 49.4 Å². The van der Waals surface area contributed by atoms with Gasteiger partial charge in [0.25, 0.3) is 0 Å². The average Bonchev–Trinajstić information content (AvgIpc) is 2.94. The number of hydrogen-bond donors (Lipinski definition) is 1. The average molecular weight is 381 g/mol. The number of rotatable bonds is 5. The summed E-state index contributed by atoms with van der Waals surface area (Å²) >= 11 is 4.93. The molecule has 6 heteroatoms. The molecular formula is C16H17BrN2O2S. The predicted octanol–water partition coefficient (Wildman–Crippen LogP) is 3.46. The molecule has 0 atom stereocenters. The highest BCUT2D eigenvalue weighted by atomic mass is 79.9. The van der Waals surface area contributed by atoms with Gasteiger partial charge in [-0.2, -0.15) is 0 Å². The fraction of sp³-hybridized carbons (Fsp3) is 0.250. The van der Waals surface area contributed by atoms with Crippen LogP contribution in [0.25, 0.3) is 0 Å². The van der Waals surface area contributed by atoms with Crippen molar-refractivity contribution in [1.82, 2.24) is 4.90 Å². The monoisotopic (exact) mass is 380 g/mol. The molecule has 1 aromatic carbocycles. The first-order chi connectivity index (χ1) is 10.5. The van der Waals surface area contributed by atoms with Crippen LogP contribution in [0, 0.1) is 6.92 Å². The lowest BCUT2D eigenvalue weighted by Crippen LogP contribution is -2.35. The Morgan fingerprint density at radius 2 is 2.09 bits per heavy atom. The third-order valence-electron chi connectivity index (χ3n) is 3.17. The van der Waals surface area contributed by atoms with Gasteiger partial charge in [-0.3, -0.25) is 9.59 Å². The highest BCUT2D eigenvalue weighted by Gasteiger charge is 2.14. The molecule has 0 saturated heterocycles. The third kappa shape index (κ3) is 4.68. The number of carbonyl (C=O) groups is 2. The maximum Gasteiger partial charge on any atom is 0.243 e. The number of nitrogens with one attached hydrogen (secondary N) is 1. The Labute approximate surface area is 142 Å². The first-order valence-electron chi connectivity index (χ1n) is 6.78. The minimum atomic E-state index is -0.201. The molecule has 0 saturated carbocycles. The summed E-state index contributed by atoms with van der Waals surface area (Å²) in [6, 6.07) is 9.47. The Morgan fingerprint density at radius 1 is 1.32 bits per heavy atom. The maximum absolute atomic E-state index is 12.1. The van der Waals surface area contributed by atoms with Crippen LogP contribution in [0.3, 0.4) is 0 Å². The first kappa shape index (κ1) is 16.7. The summed E-state index contributed by atoms with van der Waals surface area (Å²) in [6.45, 7) is 1.96. The zero-order chi connectivity index (χ0) is 16.1. The van der Waals surface area contributed by atoms with Crippen molar-refractivity contribution >= 4 is 44.8 Å². The lowest BCUT2D eigenvalue weighted by molar-refractivity contribution is -0.132. The second kappa shape index (κ2) is 7.56. The number of thiophene rings is 1. The Kier molecular flexibility index (Phi) is 5.74. The Bertz CT molecular complexity index is 671. The van der Waals surface area contributed by atoms with Crippen LogP contribution in [-0.2, 0) is 16.0 Å². The van der Waals surface area contributed by atoms with E-state index in [1.165, 1.54) is 4.90 Å². The van der Waals surface area contributed by atoms with Crippen molar-refractivity contribution in [3.8, 4) is 0 Å². The van der Waals surface area contributed by atoms with E-state index in [-0.39, 0.29) is 18.4 Å². The number of benzene rings is 1. The summed E-state index contributed by atoms with van der Waals surface area (Å²) in [5.74, 6) is -0.266. The van der Waals surface area contributed by atoms with E-state index < -0.39 is 0 Å². The minimum Gasteiger partial charge on any atom is -0.336 e. The maximum atomic E-state index is 12.1. The standard InChI is InChI=1S/C16H17BrN2O2S/c1-11-8-12(17)5-6-14(11)18-15(20)10-19(2)16(21)9-13-4-3-7-22-13/h3-8H,9-10H2,1-2H3,(H,18,20). The molecule has 4 nitrogen and oxygen atoms in total. The molecular weight excluding hydrogens is 364 g/mol. The van der Waals surface area contributed by atoms with Gasteiger partial charge in [0, 0.05) is 22.1 Å². The molecule has 1 N–H and O–H groups in total. The van der Waals surface area contributed by atoms with Crippen LogP contribution in [0.1, 0.15) is 10.4 Å². The molecule has 0 bridgehead atoms. The number of carbonyl (C=O) groups excluding carboxylic acids is 2. The third-order valence-corrected chi connectivity index (χ3v) is 4.54. The van der Waals surface area contributed by atoms with Crippen LogP contribution in [-0.4, -0.2) is 30.3 Å². The van der Waals surface area contributed by atoms with Crippen molar-refractivity contribution in [1.29, 1.82) is 0 Å². The van der Waals surface area contributed by atoms with Gasteiger partial charge in [-0.25, -0.2) is 0 Å². The van der Waals surface area contributed by atoms with Gasteiger partial charge in [0.2, 0.25) is 11.8 Å². The largest absolute Gasteiger partial charge is 0.336 e. The smallest absolute Gasteiger partial charge is 0.243 e. The fourth-order valence-corrected chi connectivity index (χ4v) is 3.13. The fourth-order valence-electron chi connectivity index (χ4n) is 1.96. The highest BCUT2D eigenvalue weighted by Crippen LogP contribution is 2.20. The molecule has 1 heterocycles. The van der Waals surface area contributed by atoms with Crippen molar-refractivity contribution in [3.05, 3.63) is 50.6 Å². The van der Waals surface area contributed by atoms with Gasteiger partial charge >= 0.3 is 0 Å². The van der Waals surface area contributed by atoms with Gasteiger partial charge in [0.15, 0.2) is 0 Å². The van der Waals surface area contributed by atoms with Crippen LogP contribution < -0.4 is 5.32 Å². The van der Waals surface area contributed by atoms with Crippen molar-refractivity contribution in [2.24, 2.45) is 0 Å². The first-order valence-corrected chi connectivity index (χ1v) is 8.45. The van der Waals surface area contributed by atoms with E-state index >= 15 is 0 Å². The minimum absolute atomic E-state index is 0.0414. The van der Waals surface area contributed by atoms with Gasteiger partial charge < -0.3 is 10.2 Å². The molecule has 0 aliphatic carbocycles. The number of halogens is 1. The molecule has 116 valence electrons. The summed E-state index contributed by atoms with van der Waals surface area (Å²) in [7, 11) is 1.64. The van der Waals surface area contributed by atoms with Crippen molar-refractivity contribution < 1.29 is 9.59 Å². The van der Waals surface area contributed by atoms with E-state index in [9.17, 15) is 9.59 Å². The highest BCUT2D eigenvalue weighted by molar-refractivity contribution is 9.10. The van der Waals surface area contributed by atoms with Gasteiger partial charge in [0.1, 0.15) is 0 Å². The molecule has 2 rings (SSSR count). The summed E-state index contributed by atoms with van der Waals surface area (Å²) in [4.78, 5) is 26.6. The molecule has 0 aliphatic heterocycles. The van der Waals surface area contributed by atoms with Crippen LogP contribution in [0.15, 0.2) is 40.2 Å². The summed E-state index contributed by atoms with van der Waals surface area (Å²) in [6.07, 6.45) is 0.332. The second-order valence-electron chi connectivity index (χ2n) is 5.01. The second-order valence-corrected chi connectivity index (χ2v) is 6.96. The Balaban J connectivity index is 1.89. The zero-order valence-electron chi connectivity index (χ0n) is 12.4. The van der Waals surface area contributed by atoms with E-state index in [0.29, 0.717) is 6.42 Å². The summed E-state index contributed by atoms with van der Waals surface area (Å²) < 4.78 is 0.964. The SMILES string of the molecule is Cc1cc(Br)ccc1NC(=O)CN(C)C(=O)Cc1cccs1. The van der Waals surface area contributed by atoms with Gasteiger partial charge in [-0.15, -0.1) is 11.3 Å². The lowest BCUT2D eigenvalue weighted by atomic mass is 10.2. The van der Waals surface area contributed by atoms with Gasteiger partial charge in [0.05, 0.1) is 13.0 Å². The number of anilines is 1. The van der Waals surface area contributed by atoms with Gasteiger partial charge in [-0.05, 0) is 42.1 Å². The van der Waals surface area contributed by atoms with Crippen LogP contribution >= 0.6 is 27.3 Å². The normalized spacial score (nSPS) is 10.3. The number of nitrogens with zero attached hydrogens (tertiary/aromatic N) is 1. The Morgan fingerprint density at radius 3 is 2.73 bits per heavy atom. The molecule has 0 spiro atoms. The summed E-state index contributed by atoms with van der Waals surface area (Å²) in [5.41, 5.74) is 1.72. The summed E-state index contributed by atoms with van der Waals surface area (Å²) in [5, 5.41) is 4.77. The van der Waals surface area contributed by atoms with E-state index in [1.807, 2.05) is 42.6 Å². The number of likely N-dealkylation sites (N-methyl/N-ethyl adjacent to an activating group) is 1. The van der Waals surface area contributed by atoms with E-state index in [4.69, 9.17) is 0 Å². The van der Waals surface area contributed by atoms with Crippen molar-refractivity contribution in [2.75, 3.05) is 18.9 Å². The molecule has 0 fully saturated rings. The van der Waals surface area contributed by atoms with E-state index in [2.05, 4.69) is 21.2 Å². The number of hydrogen-bond acceptors (Lipinski definition) is 3. The lowest BCUT2D eigenvalue weighted by Gasteiger charge is -2.17.